The van der Waals surface area contributed by atoms with E-state index < -0.39 is 0 Å². The summed E-state index contributed by atoms with van der Waals surface area (Å²) in [5.74, 6) is 2.09. The zero-order chi connectivity index (χ0) is 15.5. The lowest BCUT2D eigenvalue weighted by Gasteiger charge is -2.25. The minimum atomic E-state index is 0.325. The molecule has 0 spiro atoms. The SMILES string of the molecule is COc1cc(N(C)C[C@H]2CC(=O)N(C3CCCC3)C2)ncn1. The molecule has 2 heterocycles. The number of carbonyl (C=O) groups is 1. The Kier molecular flexibility index (Phi) is 4.45. The molecule has 2 aliphatic rings. The van der Waals surface area contributed by atoms with E-state index in [2.05, 4.69) is 19.8 Å². The van der Waals surface area contributed by atoms with Gasteiger partial charge in [-0.25, -0.2) is 9.97 Å². The summed E-state index contributed by atoms with van der Waals surface area (Å²) in [6.45, 7) is 1.71. The van der Waals surface area contributed by atoms with Gasteiger partial charge in [-0.1, -0.05) is 12.8 Å². The number of amides is 1. The number of aromatic nitrogens is 2. The first-order chi connectivity index (χ1) is 10.7. The first kappa shape index (κ1) is 15.1. The molecule has 6 nitrogen and oxygen atoms in total. The van der Waals surface area contributed by atoms with Gasteiger partial charge >= 0.3 is 0 Å². The van der Waals surface area contributed by atoms with Crippen molar-refractivity contribution in [2.75, 3.05) is 32.1 Å². The normalized spacial score (nSPS) is 22.4. The number of hydrogen-bond donors (Lipinski definition) is 0. The predicted octanol–water partition coefficient (Wildman–Crippen LogP) is 1.71. The van der Waals surface area contributed by atoms with Gasteiger partial charge in [0.15, 0.2) is 0 Å². The summed E-state index contributed by atoms with van der Waals surface area (Å²) in [5, 5.41) is 0. The highest BCUT2D eigenvalue weighted by Crippen LogP contribution is 2.30. The summed E-state index contributed by atoms with van der Waals surface area (Å²) in [4.78, 5) is 24.8. The van der Waals surface area contributed by atoms with Crippen LogP contribution in [-0.2, 0) is 4.79 Å². The molecule has 1 atom stereocenters. The van der Waals surface area contributed by atoms with Gasteiger partial charge in [0.2, 0.25) is 11.8 Å². The Morgan fingerprint density at radius 3 is 2.86 bits per heavy atom. The smallest absolute Gasteiger partial charge is 0.223 e. The molecule has 22 heavy (non-hydrogen) atoms. The minimum Gasteiger partial charge on any atom is -0.481 e. The van der Waals surface area contributed by atoms with Gasteiger partial charge in [-0.3, -0.25) is 4.79 Å². The molecule has 1 aromatic rings. The van der Waals surface area contributed by atoms with E-state index in [0.29, 0.717) is 30.2 Å². The van der Waals surface area contributed by atoms with Crippen molar-refractivity contribution in [3.63, 3.8) is 0 Å². The third kappa shape index (κ3) is 3.15. The first-order valence-corrected chi connectivity index (χ1v) is 8.04. The van der Waals surface area contributed by atoms with Crippen molar-refractivity contribution in [2.24, 2.45) is 5.92 Å². The lowest BCUT2D eigenvalue weighted by atomic mass is 10.1. The molecule has 0 aromatic carbocycles. The number of likely N-dealkylation sites (tertiary alicyclic amines) is 1. The van der Waals surface area contributed by atoms with Crippen LogP contribution in [0, 0.1) is 5.92 Å². The monoisotopic (exact) mass is 304 g/mol. The molecule has 0 N–H and O–H groups in total. The maximum absolute atomic E-state index is 12.3. The van der Waals surface area contributed by atoms with Crippen molar-refractivity contribution in [2.45, 2.75) is 38.1 Å². The van der Waals surface area contributed by atoms with Crippen LogP contribution in [0.3, 0.4) is 0 Å². The molecule has 2 fully saturated rings. The number of hydrogen-bond acceptors (Lipinski definition) is 5. The van der Waals surface area contributed by atoms with E-state index in [9.17, 15) is 4.79 Å². The Labute approximate surface area is 131 Å². The van der Waals surface area contributed by atoms with E-state index in [0.717, 1.165) is 18.9 Å². The van der Waals surface area contributed by atoms with Crippen molar-refractivity contribution in [1.82, 2.24) is 14.9 Å². The van der Waals surface area contributed by atoms with Gasteiger partial charge in [0.25, 0.3) is 0 Å². The maximum Gasteiger partial charge on any atom is 0.223 e. The van der Waals surface area contributed by atoms with E-state index in [-0.39, 0.29) is 0 Å². The van der Waals surface area contributed by atoms with Crippen LogP contribution >= 0.6 is 0 Å². The third-order valence-electron chi connectivity index (χ3n) is 4.76. The van der Waals surface area contributed by atoms with Crippen LogP contribution in [0.25, 0.3) is 0 Å². The van der Waals surface area contributed by atoms with Gasteiger partial charge in [-0.15, -0.1) is 0 Å². The molecule has 3 rings (SSSR count). The maximum atomic E-state index is 12.3. The van der Waals surface area contributed by atoms with E-state index in [4.69, 9.17) is 4.74 Å². The van der Waals surface area contributed by atoms with E-state index in [1.54, 1.807) is 7.11 Å². The van der Waals surface area contributed by atoms with Crippen molar-refractivity contribution in [1.29, 1.82) is 0 Å². The summed E-state index contributed by atoms with van der Waals surface area (Å²) < 4.78 is 5.14. The first-order valence-electron chi connectivity index (χ1n) is 8.04. The molecule has 6 heteroatoms. The van der Waals surface area contributed by atoms with E-state index in [1.807, 2.05) is 13.1 Å². The second kappa shape index (κ2) is 6.50. The van der Waals surface area contributed by atoms with Gasteiger partial charge in [0, 0.05) is 44.6 Å². The highest BCUT2D eigenvalue weighted by molar-refractivity contribution is 5.79. The summed E-state index contributed by atoms with van der Waals surface area (Å²) in [7, 11) is 3.60. The molecule has 120 valence electrons. The molecule has 1 saturated carbocycles. The minimum absolute atomic E-state index is 0.325. The van der Waals surface area contributed by atoms with Crippen LogP contribution in [0.2, 0.25) is 0 Å². The number of methoxy groups -OCH3 is 1. The molecule has 1 aliphatic carbocycles. The van der Waals surface area contributed by atoms with Crippen molar-refractivity contribution >= 4 is 11.7 Å². The topological polar surface area (TPSA) is 58.6 Å². The summed E-state index contributed by atoms with van der Waals surface area (Å²) in [6, 6.07) is 2.31. The summed E-state index contributed by atoms with van der Waals surface area (Å²) in [5.41, 5.74) is 0. The third-order valence-corrected chi connectivity index (χ3v) is 4.76. The number of carbonyl (C=O) groups excluding carboxylic acids is 1. The molecule has 1 aromatic heterocycles. The van der Waals surface area contributed by atoms with Gasteiger partial charge in [0.05, 0.1) is 7.11 Å². The second-order valence-electron chi connectivity index (χ2n) is 6.35. The predicted molar refractivity (Wildman–Crippen MR) is 83.9 cm³/mol. The quantitative estimate of drug-likeness (QED) is 0.829. The van der Waals surface area contributed by atoms with Crippen LogP contribution in [0.15, 0.2) is 12.4 Å². The van der Waals surface area contributed by atoms with Crippen molar-refractivity contribution < 1.29 is 9.53 Å². The highest BCUT2D eigenvalue weighted by Gasteiger charge is 2.35. The highest BCUT2D eigenvalue weighted by atomic mass is 16.5. The van der Waals surface area contributed by atoms with Crippen LogP contribution in [-0.4, -0.2) is 54.1 Å². The van der Waals surface area contributed by atoms with E-state index in [1.165, 1.54) is 32.0 Å². The molecule has 1 saturated heterocycles. The Balaban J connectivity index is 1.59. The standard InChI is InChI=1S/C16H24N4O2/c1-19(14-8-15(22-2)18-11-17-14)9-12-7-16(21)20(10-12)13-5-3-4-6-13/h8,11-13H,3-7,9-10H2,1-2H3/t12-/m1/s1. The average molecular weight is 304 g/mol. The Hall–Kier alpha value is -1.85. The molecule has 0 unspecified atom stereocenters. The molecule has 0 bridgehead atoms. The fourth-order valence-electron chi connectivity index (χ4n) is 3.63. The molecular weight excluding hydrogens is 280 g/mol. The van der Waals surface area contributed by atoms with Crippen LogP contribution < -0.4 is 9.64 Å². The number of anilines is 1. The van der Waals surface area contributed by atoms with Crippen molar-refractivity contribution in [3.05, 3.63) is 12.4 Å². The Morgan fingerprint density at radius 1 is 1.36 bits per heavy atom. The van der Waals surface area contributed by atoms with E-state index >= 15 is 0 Å². The number of nitrogens with zero attached hydrogens (tertiary/aromatic N) is 4. The van der Waals surface area contributed by atoms with Crippen LogP contribution in [0.5, 0.6) is 5.88 Å². The fraction of sp³-hybridized carbons (Fsp3) is 0.688. The Bertz CT molecular complexity index is 531. The zero-order valence-electron chi connectivity index (χ0n) is 13.4. The molecular formula is C16H24N4O2. The van der Waals surface area contributed by atoms with Crippen LogP contribution in [0.1, 0.15) is 32.1 Å². The van der Waals surface area contributed by atoms with Gasteiger partial charge in [-0.2, -0.15) is 0 Å². The fourth-order valence-corrected chi connectivity index (χ4v) is 3.63. The van der Waals surface area contributed by atoms with Gasteiger partial charge < -0.3 is 14.5 Å². The lowest BCUT2D eigenvalue weighted by Crippen LogP contribution is -2.35. The zero-order valence-corrected chi connectivity index (χ0v) is 13.4. The lowest BCUT2D eigenvalue weighted by molar-refractivity contribution is -0.129. The van der Waals surface area contributed by atoms with Crippen molar-refractivity contribution in [3.8, 4) is 5.88 Å². The van der Waals surface area contributed by atoms with Crippen LogP contribution in [0.4, 0.5) is 5.82 Å². The molecule has 1 amide bonds. The average Bonchev–Trinajstić information content (AvgIpc) is 3.16. The van der Waals surface area contributed by atoms with Gasteiger partial charge in [0.1, 0.15) is 12.1 Å². The number of ether oxygens (including phenoxy) is 1. The molecule has 0 radical (unpaired) electrons. The number of rotatable bonds is 5. The summed E-state index contributed by atoms with van der Waals surface area (Å²) in [6.07, 6.45) is 7.05. The Morgan fingerprint density at radius 2 is 2.14 bits per heavy atom. The molecule has 1 aliphatic heterocycles. The largest absolute Gasteiger partial charge is 0.481 e. The second-order valence-corrected chi connectivity index (χ2v) is 6.35. The summed E-state index contributed by atoms with van der Waals surface area (Å²) >= 11 is 0. The van der Waals surface area contributed by atoms with Gasteiger partial charge in [-0.05, 0) is 12.8 Å².